The number of aliphatic hydroxyl groups excluding tert-OH is 1. The Kier molecular flexibility index (Phi) is 24.1. The van der Waals surface area contributed by atoms with Crippen molar-refractivity contribution >= 4 is 53.4 Å². The zero-order valence-corrected chi connectivity index (χ0v) is 29.6. The van der Waals surface area contributed by atoms with Gasteiger partial charge in [0.2, 0.25) is 29.5 Å². The first kappa shape index (κ1) is 45.4. The second-order valence-corrected chi connectivity index (χ2v) is 11.9. The molecule has 292 valence electrons. The average molecular weight is 755 g/mol. The van der Waals surface area contributed by atoms with Crippen LogP contribution >= 0.6 is 11.8 Å². The van der Waals surface area contributed by atoms with E-state index in [-0.39, 0.29) is 115 Å². The van der Waals surface area contributed by atoms with Crippen molar-refractivity contribution in [3.8, 4) is 0 Å². The van der Waals surface area contributed by atoms with Crippen LogP contribution in [0.4, 0.5) is 4.79 Å². The van der Waals surface area contributed by atoms with Gasteiger partial charge >= 0.3 is 18.5 Å². The standard InChI is InChI=1S/C29H50N6O15S/c1-3-19(17-36)48-29(45-2)50-49-28(44)34-7-4-22(37)31-8-9-32-24(39)6-12-46-14-15-47-13-10-33-23(38)5-11-35-25(40)16-21(26(35)41)51-18-20(30)27(42)43/h19-21,29,36H,3-18,30H2,1-2H3,(H,31,37)(H,32,39)(H,33,38)(H,34,44)(H,42,43). The van der Waals surface area contributed by atoms with E-state index in [2.05, 4.69) is 31.0 Å². The second kappa shape index (κ2) is 27.1. The van der Waals surface area contributed by atoms with E-state index in [1.54, 1.807) is 6.92 Å². The summed E-state index contributed by atoms with van der Waals surface area (Å²) in [5, 5.41) is 27.4. The van der Waals surface area contributed by atoms with Crippen LogP contribution in [0.25, 0.3) is 0 Å². The summed E-state index contributed by atoms with van der Waals surface area (Å²) in [4.78, 5) is 93.1. The number of methoxy groups -OCH3 is 1. The van der Waals surface area contributed by atoms with Gasteiger partial charge in [0, 0.05) is 71.3 Å². The molecule has 4 unspecified atom stereocenters. The molecule has 4 atom stereocenters. The second-order valence-electron chi connectivity index (χ2n) is 10.6. The fourth-order valence-corrected chi connectivity index (χ4v) is 4.99. The number of hydrogen-bond acceptors (Lipinski definition) is 16. The van der Waals surface area contributed by atoms with Gasteiger partial charge in [0.05, 0.1) is 44.4 Å². The van der Waals surface area contributed by atoms with Gasteiger partial charge in [-0.05, 0) is 6.42 Å². The van der Waals surface area contributed by atoms with Crippen molar-refractivity contribution < 1.29 is 72.5 Å². The molecule has 0 radical (unpaired) electrons. The van der Waals surface area contributed by atoms with Crippen molar-refractivity contribution in [2.24, 2.45) is 5.73 Å². The van der Waals surface area contributed by atoms with Crippen LogP contribution in [-0.4, -0.2) is 159 Å². The first-order valence-corrected chi connectivity index (χ1v) is 17.3. The van der Waals surface area contributed by atoms with E-state index in [4.69, 9.17) is 34.9 Å². The summed E-state index contributed by atoms with van der Waals surface area (Å²) in [7, 11) is 1.26. The number of imide groups is 1. The van der Waals surface area contributed by atoms with Crippen molar-refractivity contribution in [1.29, 1.82) is 0 Å². The Labute approximate surface area is 299 Å². The number of nitrogens with zero attached hydrogens (tertiary/aromatic N) is 1. The van der Waals surface area contributed by atoms with Crippen LogP contribution in [-0.2, 0) is 57.5 Å². The Morgan fingerprint density at radius 2 is 1.53 bits per heavy atom. The lowest BCUT2D eigenvalue weighted by Crippen LogP contribution is -2.37. The highest BCUT2D eigenvalue weighted by Gasteiger charge is 2.39. The van der Waals surface area contributed by atoms with Gasteiger partial charge in [-0.25, -0.2) is 4.79 Å². The lowest BCUT2D eigenvalue weighted by atomic mass is 10.3. The smallest absolute Gasteiger partial charge is 0.438 e. The third-order valence-electron chi connectivity index (χ3n) is 6.72. The summed E-state index contributed by atoms with van der Waals surface area (Å²) in [5.41, 5.74) is 5.44. The molecule has 6 amide bonds. The van der Waals surface area contributed by atoms with Crippen molar-refractivity contribution in [1.82, 2.24) is 26.2 Å². The summed E-state index contributed by atoms with van der Waals surface area (Å²) in [6.07, 6.45) is -1.20. The maximum absolute atomic E-state index is 12.4. The lowest BCUT2D eigenvalue weighted by Gasteiger charge is -2.19. The van der Waals surface area contributed by atoms with Crippen LogP contribution in [0.15, 0.2) is 0 Å². The van der Waals surface area contributed by atoms with Crippen LogP contribution in [0.2, 0.25) is 0 Å². The summed E-state index contributed by atoms with van der Waals surface area (Å²) in [5.74, 6) is -3.13. The van der Waals surface area contributed by atoms with Crippen LogP contribution < -0.4 is 27.0 Å². The molecule has 0 spiro atoms. The van der Waals surface area contributed by atoms with Gasteiger partial charge in [-0.3, -0.25) is 38.6 Å². The first-order valence-electron chi connectivity index (χ1n) is 16.2. The number of hydrogen-bond donors (Lipinski definition) is 7. The number of aliphatic hydroxyl groups is 1. The van der Waals surface area contributed by atoms with Gasteiger partial charge in [-0.15, -0.1) is 16.6 Å². The van der Waals surface area contributed by atoms with E-state index in [1.165, 1.54) is 7.11 Å². The fraction of sp³-hybridized carbons (Fsp3) is 0.759. The van der Waals surface area contributed by atoms with Crippen LogP contribution in [0.5, 0.6) is 0 Å². The third kappa shape index (κ3) is 20.7. The van der Waals surface area contributed by atoms with Gasteiger partial charge in [0.1, 0.15) is 6.04 Å². The minimum atomic E-state index is -1.34. The highest BCUT2D eigenvalue weighted by molar-refractivity contribution is 8.00. The van der Waals surface area contributed by atoms with Crippen molar-refractivity contribution in [2.45, 2.75) is 62.9 Å². The Hall–Kier alpha value is -3.64. The molecule has 0 bridgehead atoms. The Balaban J connectivity index is 1.99. The van der Waals surface area contributed by atoms with Gasteiger partial charge in [0.25, 0.3) is 0 Å². The molecule has 0 aromatic carbocycles. The number of nitrogens with two attached hydrogens (primary N) is 1. The predicted molar refractivity (Wildman–Crippen MR) is 176 cm³/mol. The third-order valence-corrected chi connectivity index (χ3v) is 8.04. The summed E-state index contributed by atoms with van der Waals surface area (Å²) >= 11 is 1.01. The number of carboxylic acids is 1. The monoisotopic (exact) mass is 754 g/mol. The van der Waals surface area contributed by atoms with E-state index in [1.807, 2.05) is 0 Å². The van der Waals surface area contributed by atoms with Crippen LogP contribution in [0, 0.1) is 0 Å². The largest absolute Gasteiger partial charge is 0.480 e. The molecule has 8 N–H and O–H groups in total. The first-order chi connectivity index (χ1) is 24.4. The van der Waals surface area contributed by atoms with E-state index in [9.17, 15) is 33.6 Å². The van der Waals surface area contributed by atoms with E-state index >= 15 is 0 Å². The van der Waals surface area contributed by atoms with Crippen molar-refractivity contribution in [3.05, 3.63) is 0 Å². The van der Waals surface area contributed by atoms with Gasteiger partial charge in [0.15, 0.2) is 0 Å². The lowest BCUT2D eigenvalue weighted by molar-refractivity contribution is -0.420. The number of amides is 6. The van der Waals surface area contributed by atoms with E-state index in [0.29, 0.717) is 6.42 Å². The average Bonchev–Trinajstić information content (AvgIpc) is 3.38. The highest BCUT2D eigenvalue weighted by atomic mass is 32.2. The molecule has 1 rings (SSSR count). The number of nitrogens with one attached hydrogen (secondary N) is 4. The Morgan fingerprint density at radius 1 is 0.902 bits per heavy atom. The Bertz CT molecular complexity index is 1120. The molecule has 51 heavy (non-hydrogen) atoms. The molecule has 0 saturated carbocycles. The maximum atomic E-state index is 12.4. The molecular weight excluding hydrogens is 704 g/mol. The normalized spacial score (nSPS) is 15.9. The number of carbonyl (C=O) groups excluding carboxylic acids is 6. The molecule has 1 aliphatic heterocycles. The minimum absolute atomic E-state index is 0.0127. The van der Waals surface area contributed by atoms with Crippen LogP contribution in [0.3, 0.4) is 0 Å². The minimum Gasteiger partial charge on any atom is -0.480 e. The number of carboxylic acid groups (broad SMARTS) is 1. The van der Waals surface area contributed by atoms with Gasteiger partial charge in [-0.1, -0.05) is 6.92 Å². The Morgan fingerprint density at radius 3 is 2.16 bits per heavy atom. The predicted octanol–water partition coefficient (Wildman–Crippen LogP) is -2.81. The fourth-order valence-electron chi connectivity index (χ4n) is 3.87. The number of carbonyl (C=O) groups is 7. The van der Waals surface area contributed by atoms with E-state index < -0.39 is 47.7 Å². The summed E-state index contributed by atoms with van der Waals surface area (Å²) in [6, 6.07) is -1.14. The summed E-state index contributed by atoms with van der Waals surface area (Å²) < 4.78 is 20.8. The molecule has 1 saturated heterocycles. The molecule has 1 heterocycles. The maximum Gasteiger partial charge on any atom is 0.438 e. The molecule has 22 heteroatoms. The molecule has 0 aliphatic carbocycles. The topological polar surface area (TPSA) is 293 Å². The highest BCUT2D eigenvalue weighted by Crippen LogP contribution is 2.25. The number of ether oxygens (including phenoxy) is 4. The molecule has 0 aromatic heterocycles. The zero-order chi connectivity index (χ0) is 38.0. The van der Waals surface area contributed by atoms with Gasteiger partial charge in [-0.2, -0.15) is 0 Å². The number of likely N-dealkylation sites (tertiary alicyclic amines) is 1. The molecule has 0 aromatic rings. The SMILES string of the molecule is CCC(CO)OC(OC)OOC(=O)NCCC(=O)NCCNC(=O)CCOCCOCCNC(=O)CCN1C(=O)CC(SCC(N)C(=O)O)C1=O. The summed E-state index contributed by atoms with van der Waals surface area (Å²) in [6.45, 7) is 1.34. The zero-order valence-electron chi connectivity index (χ0n) is 28.8. The number of aliphatic carboxylic acids is 1. The van der Waals surface area contributed by atoms with Gasteiger partial charge < -0.3 is 56.2 Å². The van der Waals surface area contributed by atoms with E-state index in [0.717, 1.165) is 16.7 Å². The molecular formula is C29H50N6O15S. The van der Waals surface area contributed by atoms with Crippen molar-refractivity contribution in [2.75, 3.05) is 78.6 Å². The molecule has 1 fully saturated rings. The van der Waals surface area contributed by atoms with Crippen LogP contribution in [0.1, 0.15) is 39.0 Å². The molecule has 21 nitrogen and oxygen atoms in total. The number of rotatable bonds is 29. The quantitative estimate of drug-likeness (QED) is 0.0133. The number of thioether (sulfide) groups is 1. The molecule has 1 aliphatic rings. The van der Waals surface area contributed by atoms with Crippen molar-refractivity contribution in [3.63, 3.8) is 0 Å².